The first-order chi connectivity index (χ1) is 11.5. The SMILES string of the molecule is CC(C)(C)CC(c1ccc2cc3cc(O)ccc3cc2c1)C(C)(C)C. The van der Waals surface area contributed by atoms with Crippen LogP contribution in [0.4, 0.5) is 0 Å². The van der Waals surface area contributed by atoms with Crippen LogP contribution in [0.2, 0.25) is 0 Å². The smallest absolute Gasteiger partial charge is 0.116 e. The molecule has 1 unspecified atom stereocenters. The number of phenols is 1. The van der Waals surface area contributed by atoms with Crippen LogP contribution in [0.5, 0.6) is 5.75 Å². The summed E-state index contributed by atoms with van der Waals surface area (Å²) in [6, 6.07) is 16.9. The molecule has 0 spiro atoms. The second-order valence-corrected chi connectivity index (χ2v) is 9.67. The number of phenolic OH excluding ortho intramolecular Hbond substituents is 1. The van der Waals surface area contributed by atoms with Crippen LogP contribution >= 0.6 is 0 Å². The van der Waals surface area contributed by atoms with Crippen molar-refractivity contribution in [2.24, 2.45) is 10.8 Å². The molecular formula is C24H30O. The molecule has 0 aromatic heterocycles. The molecule has 0 saturated heterocycles. The average molecular weight is 335 g/mol. The second-order valence-electron chi connectivity index (χ2n) is 9.67. The lowest BCUT2D eigenvalue weighted by Gasteiger charge is -2.36. The molecule has 1 atom stereocenters. The van der Waals surface area contributed by atoms with Gasteiger partial charge < -0.3 is 5.11 Å². The largest absolute Gasteiger partial charge is 0.508 e. The van der Waals surface area contributed by atoms with Gasteiger partial charge in [-0.1, -0.05) is 65.8 Å². The third-order valence-electron chi connectivity index (χ3n) is 5.07. The van der Waals surface area contributed by atoms with E-state index in [-0.39, 0.29) is 5.41 Å². The molecule has 25 heavy (non-hydrogen) atoms. The first kappa shape index (κ1) is 17.8. The van der Waals surface area contributed by atoms with Crippen molar-refractivity contribution in [3.63, 3.8) is 0 Å². The quantitative estimate of drug-likeness (QED) is 0.489. The van der Waals surface area contributed by atoms with Crippen LogP contribution in [0.15, 0.2) is 48.5 Å². The van der Waals surface area contributed by atoms with Crippen molar-refractivity contribution >= 4 is 21.5 Å². The standard InChI is InChI=1S/C24H30O/c1-23(2,3)15-22(24(4,5)6)18-8-7-16-12-20-14-21(25)10-9-17(20)11-19(16)13-18/h7-14,22,25H,15H2,1-6H3. The zero-order chi connectivity index (χ0) is 18.4. The zero-order valence-corrected chi connectivity index (χ0v) is 16.4. The summed E-state index contributed by atoms with van der Waals surface area (Å²) in [6.07, 6.45) is 1.17. The highest BCUT2D eigenvalue weighted by Gasteiger charge is 2.30. The van der Waals surface area contributed by atoms with Gasteiger partial charge in [0.15, 0.2) is 0 Å². The van der Waals surface area contributed by atoms with Crippen LogP contribution in [0.1, 0.15) is 59.4 Å². The Bertz CT molecular complexity index is 907. The molecule has 1 N–H and O–H groups in total. The summed E-state index contributed by atoms with van der Waals surface area (Å²) < 4.78 is 0. The summed E-state index contributed by atoms with van der Waals surface area (Å²) >= 11 is 0. The van der Waals surface area contributed by atoms with Gasteiger partial charge in [0.05, 0.1) is 0 Å². The van der Waals surface area contributed by atoms with Crippen LogP contribution in [0, 0.1) is 10.8 Å². The maximum atomic E-state index is 9.72. The molecule has 0 aliphatic rings. The molecule has 0 aliphatic carbocycles. The Hall–Kier alpha value is -2.02. The van der Waals surface area contributed by atoms with Gasteiger partial charge >= 0.3 is 0 Å². The number of hydrogen-bond donors (Lipinski definition) is 1. The van der Waals surface area contributed by atoms with Crippen LogP contribution < -0.4 is 0 Å². The predicted molar refractivity (Wildman–Crippen MR) is 109 cm³/mol. The third kappa shape index (κ3) is 3.98. The van der Waals surface area contributed by atoms with Gasteiger partial charge in [-0.25, -0.2) is 0 Å². The highest BCUT2D eigenvalue weighted by atomic mass is 16.3. The minimum Gasteiger partial charge on any atom is -0.508 e. The van der Waals surface area contributed by atoms with Crippen molar-refractivity contribution in [2.75, 3.05) is 0 Å². The van der Waals surface area contributed by atoms with Gasteiger partial charge in [0, 0.05) is 0 Å². The van der Waals surface area contributed by atoms with E-state index >= 15 is 0 Å². The lowest BCUT2D eigenvalue weighted by Crippen LogP contribution is -2.23. The molecule has 3 aromatic rings. The van der Waals surface area contributed by atoms with Gasteiger partial charge in [-0.3, -0.25) is 0 Å². The fraction of sp³-hybridized carbons (Fsp3) is 0.417. The highest BCUT2D eigenvalue weighted by molar-refractivity contribution is 5.98. The lowest BCUT2D eigenvalue weighted by atomic mass is 9.69. The number of hydrogen-bond acceptors (Lipinski definition) is 1. The molecule has 132 valence electrons. The van der Waals surface area contributed by atoms with Gasteiger partial charge in [-0.15, -0.1) is 0 Å². The Labute approximate surface area is 151 Å². The van der Waals surface area contributed by atoms with E-state index < -0.39 is 0 Å². The Morgan fingerprint density at radius 1 is 0.720 bits per heavy atom. The van der Waals surface area contributed by atoms with E-state index in [1.165, 1.54) is 28.1 Å². The van der Waals surface area contributed by atoms with Gasteiger partial charge in [0.25, 0.3) is 0 Å². The van der Waals surface area contributed by atoms with Crippen molar-refractivity contribution in [1.29, 1.82) is 0 Å². The van der Waals surface area contributed by atoms with E-state index in [0.717, 1.165) is 5.39 Å². The Kier molecular flexibility index (Phi) is 4.31. The van der Waals surface area contributed by atoms with E-state index in [0.29, 0.717) is 17.1 Å². The van der Waals surface area contributed by atoms with E-state index in [1.54, 1.807) is 6.07 Å². The predicted octanol–water partition coefficient (Wildman–Crippen LogP) is 7.26. The van der Waals surface area contributed by atoms with Crippen molar-refractivity contribution in [3.8, 4) is 5.75 Å². The van der Waals surface area contributed by atoms with E-state index in [9.17, 15) is 5.11 Å². The minimum atomic E-state index is 0.226. The summed E-state index contributed by atoms with van der Waals surface area (Å²) in [6.45, 7) is 14.0. The van der Waals surface area contributed by atoms with Crippen molar-refractivity contribution in [1.82, 2.24) is 0 Å². The highest BCUT2D eigenvalue weighted by Crippen LogP contribution is 2.43. The number of aromatic hydroxyl groups is 1. The molecule has 1 heteroatoms. The van der Waals surface area contributed by atoms with Gasteiger partial charge in [-0.2, -0.15) is 0 Å². The summed E-state index contributed by atoms with van der Waals surface area (Å²) in [5.74, 6) is 0.842. The van der Waals surface area contributed by atoms with E-state index in [2.05, 4.69) is 71.9 Å². The third-order valence-corrected chi connectivity index (χ3v) is 5.07. The first-order valence-corrected chi connectivity index (χ1v) is 9.19. The monoisotopic (exact) mass is 334 g/mol. The van der Waals surface area contributed by atoms with Crippen LogP contribution in [-0.2, 0) is 0 Å². The van der Waals surface area contributed by atoms with Crippen molar-refractivity contribution in [2.45, 2.75) is 53.9 Å². The number of fused-ring (bicyclic) bond motifs is 2. The van der Waals surface area contributed by atoms with E-state index in [4.69, 9.17) is 0 Å². The van der Waals surface area contributed by atoms with Crippen LogP contribution in [-0.4, -0.2) is 5.11 Å². The normalized spacial score (nSPS) is 14.2. The molecule has 0 fully saturated rings. The molecule has 3 rings (SSSR count). The molecule has 3 aromatic carbocycles. The first-order valence-electron chi connectivity index (χ1n) is 9.19. The summed E-state index contributed by atoms with van der Waals surface area (Å²) in [4.78, 5) is 0. The Morgan fingerprint density at radius 2 is 1.28 bits per heavy atom. The summed E-state index contributed by atoms with van der Waals surface area (Å²) in [5.41, 5.74) is 1.95. The van der Waals surface area contributed by atoms with Crippen LogP contribution in [0.25, 0.3) is 21.5 Å². The van der Waals surface area contributed by atoms with Gasteiger partial charge in [0.2, 0.25) is 0 Å². The van der Waals surface area contributed by atoms with Gasteiger partial charge in [0.1, 0.15) is 5.75 Å². The maximum absolute atomic E-state index is 9.72. The fourth-order valence-electron chi connectivity index (χ4n) is 3.76. The summed E-state index contributed by atoms with van der Waals surface area (Å²) in [7, 11) is 0. The molecule has 1 nitrogen and oxygen atoms in total. The number of benzene rings is 3. The van der Waals surface area contributed by atoms with Crippen LogP contribution in [0.3, 0.4) is 0 Å². The fourth-order valence-corrected chi connectivity index (χ4v) is 3.76. The van der Waals surface area contributed by atoms with Crippen molar-refractivity contribution < 1.29 is 5.11 Å². The Balaban J connectivity index is 2.12. The lowest BCUT2D eigenvalue weighted by molar-refractivity contribution is 0.229. The minimum absolute atomic E-state index is 0.226. The summed E-state index contributed by atoms with van der Waals surface area (Å²) in [5, 5.41) is 14.5. The molecule has 0 heterocycles. The molecule has 0 aliphatic heterocycles. The van der Waals surface area contributed by atoms with Gasteiger partial charge in [-0.05, 0) is 74.5 Å². The van der Waals surface area contributed by atoms with E-state index in [1.807, 2.05) is 12.1 Å². The molecule has 0 amide bonds. The Morgan fingerprint density at radius 3 is 1.84 bits per heavy atom. The number of rotatable bonds is 2. The molecule has 0 bridgehead atoms. The average Bonchev–Trinajstić information content (AvgIpc) is 2.48. The molecular weight excluding hydrogens is 304 g/mol. The topological polar surface area (TPSA) is 20.2 Å². The maximum Gasteiger partial charge on any atom is 0.116 e. The van der Waals surface area contributed by atoms with Crippen molar-refractivity contribution in [3.05, 3.63) is 54.1 Å². The zero-order valence-electron chi connectivity index (χ0n) is 16.4. The molecule has 0 radical (unpaired) electrons. The second kappa shape index (κ2) is 6.05. The molecule has 0 saturated carbocycles.